The lowest BCUT2D eigenvalue weighted by Gasteiger charge is -2.25. The number of aliphatic carboxylic acids is 1. The second-order valence-electron chi connectivity index (χ2n) is 9.07. The third-order valence-corrected chi connectivity index (χ3v) is 5.69. The number of amides is 4. The van der Waals surface area contributed by atoms with Crippen molar-refractivity contribution in [3.8, 4) is 0 Å². The van der Waals surface area contributed by atoms with Gasteiger partial charge in [0.25, 0.3) is 0 Å². The Labute approximate surface area is 205 Å². The summed E-state index contributed by atoms with van der Waals surface area (Å²) in [5, 5.41) is 32.0. The molecule has 1 rings (SSSR count). The summed E-state index contributed by atoms with van der Waals surface area (Å²) in [6.07, 6.45) is 1.83. The normalized spacial score (nSPS) is 18.7. The maximum atomic E-state index is 12.7. The highest BCUT2D eigenvalue weighted by Crippen LogP contribution is 2.07. The van der Waals surface area contributed by atoms with Crippen LogP contribution in [0.25, 0.3) is 0 Å². The number of nitrogens with one attached hydrogen (secondary N) is 5. The average molecular weight is 501 g/mol. The first-order valence-corrected chi connectivity index (χ1v) is 12.0. The fourth-order valence-corrected chi connectivity index (χ4v) is 3.62. The Kier molecular flexibility index (Phi) is 13.2. The highest BCUT2D eigenvalue weighted by molar-refractivity contribution is 5.94. The van der Waals surface area contributed by atoms with Gasteiger partial charge in [0.15, 0.2) is 0 Å². The van der Waals surface area contributed by atoms with Gasteiger partial charge in [0.2, 0.25) is 23.6 Å². The molecule has 4 amide bonds. The number of carbonyl (C=O) groups is 5. The topological polar surface area (TPSA) is 212 Å². The zero-order chi connectivity index (χ0) is 26.5. The number of nitrogens with two attached hydrogens (primary N) is 1. The molecule has 1 saturated heterocycles. The van der Waals surface area contributed by atoms with E-state index in [-0.39, 0.29) is 11.9 Å². The second-order valence-corrected chi connectivity index (χ2v) is 9.07. The molecule has 35 heavy (non-hydrogen) atoms. The summed E-state index contributed by atoms with van der Waals surface area (Å²) in [6, 6.07) is -3.85. The summed E-state index contributed by atoms with van der Waals surface area (Å²) in [5.41, 5.74) is 5.51. The van der Waals surface area contributed by atoms with Crippen molar-refractivity contribution < 1.29 is 34.2 Å². The van der Waals surface area contributed by atoms with Crippen molar-refractivity contribution in [1.29, 1.82) is 0 Å². The molecule has 5 atom stereocenters. The van der Waals surface area contributed by atoms with E-state index in [2.05, 4.69) is 26.6 Å². The van der Waals surface area contributed by atoms with Crippen molar-refractivity contribution in [3.05, 3.63) is 0 Å². The van der Waals surface area contributed by atoms with Crippen molar-refractivity contribution in [3.63, 3.8) is 0 Å². The van der Waals surface area contributed by atoms with Crippen LogP contribution < -0.4 is 32.3 Å². The van der Waals surface area contributed by atoms with E-state index in [4.69, 9.17) is 5.73 Å². The fraction of sp³-hybridized carbons (Fsp3) is 0.773. The fourth-order valence-electron chi connectivity index (χ4n) is 3.62. The predicted molar refractivity (Wildman–Crippen MR) is 127 cm³/mol. The third-order valence-electron chi connectivity index (χ3n) is 5.69. The second kappa shape index (κ2) is 15.3. The number of hydrogen-bond donors (Lipinski definition) is 8. The molecular formula is C22H40N6O7. The molecule has 0 spiro atoms. The van der Waals surface area contributed by atoms with Crippen LogP contribution in [0.15, 0.2) is 0 Å². The average Bonchev–Trinajstić information content (AvgIpc) is 3.33. The van der Waals surface area contributed by atoms with E-state index < -0.39 is 60.4 Å². The van der Waals surface area contributed by atoms with Crippen molar-refractivity contribution in [1.82, 2.24) is 26.6 Å². The van der Waals surface area contributed by atoms with Gasteiger partial charge in [0.1, 0.15) is 18.1 Å². The molecule has 1 fully saturated rings. The molecule has 0 aromatic heterocycles. The van der Waals surface area contributed by atoms with Gasteiger partial charge in [-0.15, -0.1) is 0 Å². The molecule has 1 aliphatic heterocycles. The summed E-state index contributed by atoms with van der Waals surface area (Å²) < 4.78 is 0. The van der Waals surface area contributed by atoms with Crippen molar-refractivity contribution in [2.45, 2.75) is 83.1 Å². The third kappa shape index (κ3) is 10.6. The maximum Gasteiger partial charge on any atom is 0.326 e. The Bertz CT molecular complexity index is 740. The van der Waals surface area contributed by atoms with Crippen LogP contribution in [0.5, 0.6) is 0 Å². The Morgan fingerprint density at radius 1 is 1.00 bits per heavy atom. The van der Waals surface area contributed by atoms with Crippen LogP contribution in [-0.4, -0.2) is 89.7 Å². The number of hydrogen-bond acceptors (Lipinski definition) is 8. The number of carbonyl (C=O) groups excluding carboxylic acids is 4. The number of aliphatic hydroxyl groups excluding tert-OH is 1. The molecule has 13 nitrogen and oxygen atoms in total. The van der Waals surface area contributed by atoms with Crippen LogP contribution in [0.2, 0.25) is 0 Å². The van der Waals surface area contributed by atoms with Gasteiger partial charge in [-0.3, -0.25) is 19.2 Å². The Balaban J connectivity index is 2.70. The van der Waals surface area contributed by atoms with Crippen molar-refractivity contribution in [2.24, 2.45) is 11.7 Å². The Morgan fingerprint density at radius 3 is 2.20 bits per heavy atom. The van der Waals surface area contributed by atoms with Crippen LogP contribution in [0.3, 0.4) is 0 Å². The number of rotatable bonds is 15. The molecule has 0 radical (unpaired) electrons. The number of carboxylic acids is 1. The summed E-state index contributed by atoms with van der Waals surface area (Å²) in [4.78, 5) is 61.3. The van der Waals surface area contributed by atoms with Crippen LogP contribution in [0.1, 0.15) is 52.9 Å². The minimum atomic E-state index is -1.42. The van der Waals surface area contributed by atoms with Crippen LogP contribution in [0, 0.1) is 5.92 Å². The molecule has 0 bridgehead atoms. The van der Waals surface area contributed by atoms with E-state index in [0.29, 0.717) is 32.2 Å². The van der Waals surface area contributed by atoms with Crippen LogP contribution in [0.4, 0.5) is 0 Å². The van der Waals surface area contributed by atoms with E-state index in [0.717, 1.165) is 13.0 Å². The quantitative estimate of drug-likeness (QED) is 0.112. The van der Waals surface area contributed by atoms with Gasteiger partial charge >= 0.3 is 5.97 Å². The molecule has 0 saturated carbocycles. The first-order chi connectivity index (χ1) is 16.5. The minimum absolute atomic E-state index is 0.288. The zero-order valence-electron chi connectivity index (χ0n) is 20.6. The van der Waals surface area contributed by atoms with E-state index in [9.17, 15) is 34.2 Å². The van der Waals surface area contributed by atoms with Gasteiger partial charge in [-0.2, -0.15) is 0 Å². The predicted octanol–water partition coefficient (Wildman–Crippen LogP) is -2.44. The lowest BCUT2D eigenvalue weighted by molar-refractivity contribution is -0.144. The minimum Gasteiger partial charge on any atom is -0.480 e. The van der Waals surface area contributed by atoms with E-state index in [1.54, 1.807) is 13.8 Å². The number of carboxylic acid groups (broad SMARTS) is 1. The van der Waals surface area contributed by atoms with E-state index in [1.807, 2.05) is 0 Å². The molecule has 9 N–H and O–H groups in total. The summed E-state index contributed by atoms with van der Waals surface area (Å²) >= 11 is 0. The monoisotopic (exact) mass is 500 g/mol. The highest BCUT2D eigenvalue weighted by Gasteiger charge is 2.32. The van der Waals surface area contributed by atoms with Crippen LogP contribution >= 0.6 is 0 Å². The first-order valence-electron chi connectivity index (χ1n) is 12.0. The van der Waals surface area contributed by atoms with Gasteiger partial charge < -0.3 is 42.5 Å². The van der Waals surface area contributed by atoms with Crippen LogP contribution in [-0.2, 0) is 24.0 Å². The van der Waals surface area contributed by atoms with Gasteiger partial charge in [-0.05, 0) is 58.0 Å². The number of aliphatic hydroxyl groups is 1. The Hall–Kier alpha value is -2.77. The van der Waals surface area contributed by atoms with Gasteiger partial charge in [0.05, 0.1) is 18.7 Å². The molecule has 0 aromatic carbocycles. The highest BCUT2D eigenvalue weighted by atomic mass is 16.4. The molecule has 13 heteroatoms. The first kappa shape index (κ1) is 30.3. The maximum absolute atomic E-state index is 12.7. The number of unbranched alkanes of at least 4 members (excludes halogenated alkanes) is 1. The molecule has 200 valence electrons. The summed E-state index contributed by atoms with van der Waals surface area (Å²) in [5.74, 6) is -4.15. The SMILES string of the molecule is CC(C)[C@H](NC(=O)[C@@H](NC(=O)CNC(=O)[C@H](CCCCN)NC(=O)[C@@H]1CCCN1)[C@@H](C)O)C(=O)O. The summed E-state index contributed by atoms with van der Waals surface area (Å²) in [7, 11) is 0. The van der Waals surface area contributed by atoms with Gasteiger partial charge in [-0.1, -0.05) is 13.8 Å². The van der Waals surface area contributed by atoms with Crippen molar-refractivity contribution >= 4 is 29.6 Å². The standard InChI is InChI=1S/C22H40N6O7/c1-12(2)17(22(34)35)28-21(33)18(13(3)29)27-16(30)11-25-19(31)15(7-4-5-9-23)26-20(32)14-8-6-10-24-14/h12-15,17-18,24,29H,4-11,23H2,1-3H3,(H,25,31)(H,26,32)(H,27,30)(H,28,33)(H,34,35)/t13-,14+,15+,17+,18+/m1/s1. The van der Waals surface area contributed by atoms with Crippen molar-refractivity contribution in [2.75, 3.05) is 19.6 Å². The molecule has 0 aromatic rings. The molecule has 1 aliphatic rings. The molecule has 0 unspecified atom stereocenters. The Morgan fingerprint density at radius 2 is 1.69 bits per heavy atom. The smallest absolute Gasteiger partial charge is 0.326 e. The van der Waals surface area contributed by atoms with Gasteiger partial charge in [0, 0.05) is 0 Å². The molecule has 0 aliphatic carbocycles. The van der Waals surface area contributed by atoms with Gasteiger partial charge in [-0.25, -0.2) is 4.79 Å². The summed E-state index contributed by atoms with van der Waals surface area (Å²) in [6.45, 7) is 5.15. The molecular weight excluding hydrogens is 460 g/mol. The van der Waals surface area contributed by atoms with E-state index in [1.165, 1.54) is 6.92 Å². The zero-order valence-corrected chi connectivity index (χ0v) is 20.6. The lowest BCUT2D eigenvalue weighted by Crippen LogP contribution is -2.58. The lowest BCUT2D eigenvalue weighted by atomic mass is 10.0. The molecule has 1 heterocycles. The van der Waals surface area contributed by atoms with E-state index >= 15 is 0 Å². The largest absolute Gasteiger partial charge is 0.480 e.